The van der Waals surface area contributed by atoms with Crippen molar-refractivity contribution < 1.29 is 19.1 Å². The summed E-state index contributed by atoms with van der Waals surface area (Å²) in [6.07, 6.45) is 1.41. The fraction of sp³-hybridized carbons (Fsp3) is 0.0556. The Labute approximate surface area is 148 Å². The molecule has 0 saturated carbocycles. The van der Waals surface area contributed by atoms with E-state index in [4.69, 9.17) is 16.3 Å². The summed E-state index contributed by atoms with van der Waals surface area (Å²) in [6.45, 7) is 0. The fourth-order valence-corrected chi connectivity index (χ4v) is 2.59. The van der Waals surface area contributed by atoms with Gasteiger partial charge >= 0.3 is 6.03 Å². The Balaban J connectivity index is 2.02. The highest BCUT2D eigenvalue weighted by Crippen LogP contribution is 2.25. The van der Waals surface area contributed by atoms with E-state index >= 15 is 0 Å². The van der Waals surface area contributed by atoms with Crippen LogP contribution in [-0.2, 0) is 9.59 Å². The molecule has 1 saturated heterocycles. The number of rotatable bonds is 3. The van der Waals surface area contributed by atoms with Crippen molar-refractivity contribution in [2.75, 3.05) is 12.0 Å². The lowest BCUT2D eigenvalue weighted by molar-refractivity contribution is -0.122. The number of nitrogens with one attached hydrogen (secondary N) is 1. The second kappa shape index (κ2) is 6.78. The van der Waals surface area contributed by atoms with Crippen LogP contribution < -0.4 is 15.0 Å². The summed E-state index contributed by atoms with van der Waals surface area (Å²) in [7, 11) is 1.52. The van der Waals surface area contributed by atoms with Gasteiger partial charge in [0.05, 0.1) is 12.8 Å². The molecule has 0 unspecified atom stereocenters. The van der Waals surface area contributed by atoms with Gasteiger partial charge in [-0.15, -0.1) is 0 Å². The van der Waals surface area contributed by atoms with Crippen molar-refractivity contribution in [3.05, 3.63) is 64.7 Å². The molecule has 1 fully saturated rings. The molecule has 0 aromatic heterocycles. The number of urea groups is 1. The summed E-state index contributed by atoms with van der Waals surface area (Å²) in [6, 6.07) is 12.3. The van der Waals surface area contributed by atoms with Gasteiger partial charge in [-0.2, -0.15) is 0 Å². The number of carbonyl (C=O) groups excluding carboxylic acids is 3. The molecule has 2 aromatic carbocycles. The number of ether oxygens (including phenoxy) is 1. The summed E-state index contributed by atoms with van der Waals surface area (Å²) in [4.78, 5) is 37.8. The van der Waals surface area contributed by atoms with Crippen molar-refractivity contribution in [1.82, 2.24) is 5.32 Å². The predicted octanol–water partition coefficient (Wildman–Crippen LogP) is 3.02. The fourth-order valence-electron chi connectivity index (χ4n) is 2.41. The van der Waals surface area contributed by atoms with E-state index in [2.05, 4.69) is 5.32 Å². The van der Waals surface area contributed by atoms with Gasteiger partial charge < -0.3 is 4.74 Å². The van der Waals surface area contributed by atoms with Crippen LogP contribution in [0.15, 0.2) is 54.1 Å². The van der Waals surface area contributed by atoms with Gasteiger partial charge in [-0.25, -0.2) is 9.69 Å². The minimum absolute atomic E-state index is 0.159. The van der Waals surface area contributed by atoms with Crippen molar-refractivity contribution >= 4 is 41.2 Å². The van der Waals surface area contributed by atoms with Crippen LogP contribution in [0.2, 0.25) is 5.02 Å². The quantitative estimate of drug-likeness (QED) is 0.677. The lowest BCUT2D eigenvalue weighted by Crippen LogP contribution is -2.54. The van der Waals surface area contributed by atoms with Gasteiger partial charge in [0.1, 0.15) is 11.3 Å². The number of nitrogens with zero attached hydrogens (tertiary/aromatic N) is 1. The minimum atomic E-state index is -0.819. The van der Waals surface area contributed by atoms with E-state index in [1.807, 2.05) is 0 Å². The summed E-state index contributed by atoms with van der Waals surface area (Å²) in [5, 5.41) is 2.53. The van der Waals surface area contributed by atoms with Crippen molar-refractivity contribution in [3.63, 3.8) is 0 Å². The lowest BCUT2D eigenvalue weighted by atomic mass is 10.1. The third-order valence-corrected chi connectivity index (χ3v) is 3.81. The maximum absolute atomic E-state index is 12.7. The molecular formula is C18H13ClN2O4. The first-order valence-corrected chi connectivity index (χ1v) is 7.68. The molecule has 0 spiro atoms. The van der Waals surface area contributed by atoms with Crippen LogP contribution in [-0.4, -0.2) is 25.0 Å². The van der Waals surface area contributed by atoms with Crippen LogP contribution in [0.5, 0.6) is 5.75 Å². The zero-order valence-electron chi connectivity index (χ0n) is 13.2. The minimum Gasteiger partial charge on any atom is -0.497 e. The normalized spacial score (nSPS) is 16.2. The number of barbiturate groups is 1. The SMILES string of the molecule is COc1cccc(/C=C2\C(=O)NC(=O)N(c3cccc(Cl)c3)C2=O)c1. The Bertz CT molecular complexity index is 907. The molecule has 4 amide bonds. The Hall–Kier alpha value is -3.12. The average molecular weight is 357 g/mol. The summed E-state index contributed by atoms with van der Waals surface area (Å²) >= 11 is 5.92. The summed E-state index contributed by atoms with van der Waals surface area (Å²) in [5.41, 5.74) is 0.713. The Morgan fingerprint density at radius 1 is 1.08 bits per heavy atom. The number of benzene rings is 2. The molecule has 0 aliphatic carbocycles. The molecule has 2 aromatic rings. The number of amides is 4. The van der Waals surface area contributed by atoms with Gasteiger partial charge in [0.25, 0.3) is 11.8 Å². The third-order valence-electron chi connectivity index (χ3n) is 3.57. The molecule has 126 valence electrons. The van der Waals surface area contributed by atoms with Crippen molar-refractivity contribution in [2.24, 2.45) is 0 Å². The molecule has 1 N–H and O–H groups in total. The second-order valence-corrected chi connectivity index (χ2v) is 5.65. The Kier molecular flexibility index (Phi) is 4.54. The van der Waals surface area contributed by atoms with Gasteiger partial charge in [0.15, 0.2) is 0 Å². The first-order valence-electron chi connectivity index (χ1n) is 7.30. The van der Waals surface area contributed by atoms with Gasteiger partial charge in [-0.3, -0.25) is 14.9 Å². The predicted molar refractivity (Wildman–Crippen MR) is 93.4 cm³/mol. The number of methoxy groups -OCH3 is 1. The van der Waals surface area contributed by atoms with Crippen molar-refractivity contribution in [2.45, 2.75) is 0 Å². The number of hydrogen-bond acceptors (Lipinski definition) is 4. The number of imide groups is 2. The molecular weight excluding hydrogens is 344 g/mol. The molecule has 3 rings (SSSR count). The zero-order valence-corrected chi connectivity index (χ0v) is 13.9. The molecule has 0 atom stereocenters. The van der Waals surface area contributed by atoms with Gasteiger partial charge in [0.2, 0.25) is 0 Å². The van der Waals surface area contributed by atoms with Gasteiger partial charge in [0, 0.05) is 5.02 Å². The summed E-state index contributed by atoms with van der Waals surface area (Å²) < 4.78 is 5.12. The number of hydrogen-bond donors (Lipinski definition) is 1. The van der Waals surface area contributed by atoms with Crippen LogP contribution in [0.4, 0.5) is 10.5 Å². The second-order valence-electron chi connectivity index (χ2n) is 5.21. The van der Waals surface area contributed by atoms with Crippen molar-refractivity contribution in [1.29, 1.82) is 0 Å². The first kappa shape index (κ1) is 16.7. The maximum Gasteiger partial charge on any atom is 0.335 e. The van der Waals surface area contributed by atoms with Gasteiger partial charge in [-0.1, -0.05) is 29.8 Å². The van der Waals surface area contributed by atoms with Crippen LogP contribution in [0, 0.1) is 0 Å². The smallest absolute Gasteiger partial charge is 0.335 e. The number of carbonyl (C=O) groups is 3. The Morgan fingerprint density at radius 3 is 2.56 bits per heavy atom. The van der Waals surface area contributed by atoms with Gasteiger partial charge in [-0.05, 0) is 42.0 Å². The molecule has 25 heavy (non-hydrogen) atoms. The number of anilines is 1. The monoisotopic (exact) mass is 356 g/mol. The topological polar surface area (TPSA) is 75.7 Å². The lowest BCUT2D eigenvalue weighted by Gasteiger charge is -2.26. The van der Waals surface area contributed by atoms with Crippen LogP contribution in [0.1, 0.15) is 5.56 Å². The summed E-state index contributed by atoms with van der Waals surface area (Å²) in [5.74, 6) is -0.893. The molecule has 1 aliphatic heterocycles. The van der Waals surface area contributed by atoms with Crippen LogP contribution in [0.25, 0.3) is 6.08 Å². The maximum atomic E-state index is 12.7. The van der Waals surface area contributed by atoms with E-state index in [1.54, 1.807) is 42.5 Å². The molecule has 7 heteroatoms. The molecule has 0 radical (unpaired) electrons. The van der Waals surface area contributed by atoms with Crippen molar-refractivity contribution in [3.8, 4) is 5.75 Å². The van der Waals surface area contributed by atoms with Crippen LogP contribution >= 0.6 is 11.6 Å². The average Bonchev–Trinajstić information content (AvgIpc) is 2.59. The van der Waals surface area contributed by atoms with Crippen LogP contribution in [0.3, 0.4) is 0 Å². The van der Waals surface area contributed by atoms with E-state index in [1.165, 1.54) is 19.3 Å². The highest BCUT2D eigenvalue weighted by molar-refractivity contribution is 6.39. The zero-order chi connectivity index (χ0) is 18.0. The first-order chi connectivity index (χ1) is 12.0. The third kappa shape index (κ3) is 3.39. The molecule has 0 bridgehead atoms. The molecule has 6 nitrogen and oxygen atoms in total. The van der Waals surface area contributed by atoms with E-state index in [-0.39, 0.29) is 11.3 Å². The number of halogens is 1. The highest BCUT2D eigenvalue weighted by Gasteiger charge is 2.36. The van der Waals surface area contributed by atoms with E-state index < -0.39 is 17.8 Å². The molecule has 1 aliphatic rings. The van der Waals surface area contributed by atoms with E-state index in [0.29, 0.717) is 16.3 Å². The van der Waals surface area contributed by atoms with E-state index in [0.717, 1.165) is 4.90 Å². The highest BCUT2D eigenvalue weighted by atomic mass is 35.5. The Morgan fingerprint density at radius 2 is 1.84 bits per heavy atom. The largest absolute Gasteiger partial charge is 0.497 e. The van der Waals surface area contributed by atoms with E-state index in [9.17, 15) is 14.4 Å². The standard InChI is InChI=1S/C18H13ClN2O4/c1-25-14-7-2-4-11(8-14)9-15-16(22)20-18(24)21(17(15)23)13-6-3-5-12(19)10-13/h2-10H,1H3,(H,20,22,24)/b15-9+. The molecule has 1 heterocycles.